The molecule has 0 saturated heterocycles. The smallest absolute Gasteiger partial charge is 0.255 e. The lowest BCUT2D eigenvalue weighted by Gasteiger charge is -2.04. The molecule has 0 aromatic carbocycles. The molecule has 1 aromatic rings. The van der Waals surface area contributed by atoms with Crippen molar-refractivity contribution in [3.05, 3.63) is 5.56 Å². The number of nitrogen functional groups attached to an aromatic ring is 1. The highest BCUT2D eigenvalue weighted by Gasteiger charge is 2.22. The molecule has 4 N–H and O–H groups in total. The van der Waals surface area contributed by atoms with Gasteiger partial charge >= 0.3 is 0 Å². The second-order valence-electron chi connectivity index (χ2n) is 6.72. The number of aromatic nitrogens is 2. The molecule has 0 radical (unpaired) electrons. The molecule has 1 aromatic heterocycles. The molecule has 0 saturated carbocycles. The Balaban J connectivity index is 2.22. The van der Waals surface area contributed by atoms with Gasteiger partial charge in [0.25, 0.3) is 5.91 Å². The lowest BCUT2D eigenvalue weighted by molar-refractivity contribution is 0.0884. The summed E-state index contributed by atoms with van der Waals surface area (Å²) < 4.78 is 1.13. The molecule has 0 unspecified atom stereocenters. The Morgan fingerprint density at radius 1 is 0.962 bits per heavy atom. The Kier molecular flexibility index (Phi) is 11.1. The Bertz CT molecular complexity index is 572. The normalized spacial score (nSPS) is 11.0. The van der Waals surface area contributed by atoms with Crippen molar-refractivity contribution in [3.63, 3.8) is 0 Å². The van der Waals surface area contributed by atoms with Crippen molar-refractivity contribution in [1.29, 1.82) is 0 Å². The van der Waals surface area contributed by atoms with Gasteiger partial charge in [0, 0.05) is 6.42 Å². The number of nitrogens with two attached hydrogens (primary N) is 2. The van der Waals surface area contributed by atoms with Gasteiger partial charge in [0.2, 0.25) is 5.91 Å². The quantitative estimate of drug-likeness (QED) is 0.361. The van der Waals surface area contributed by atoms with E-state index in [0.29, 0.717) is 11.4 Å². The predicted octanol–water partition coefficient (Wildman–Crippen LogP) is 4.63. The summed E-state index contributed by atoms with van der Waals surface area (Å²) in [6, 6.07) is 0. The Morgan fingerprint density at radius 2 is 1.46 bits per heavy atom. The Hall–Kier alpha value is -1.50. The maximum atomic E-state index is 12.3. The minimum Gasteiger partial charge on any atom is -0.383 e. The number of hydrogen-bond donors (Lipinski definition) is 2. The lowest BCUT2D eigenvalue weighted by Crippen LogP contribution is -2.17. The molecular formula is C19H34N4O2S. The van der Waals surface area contributed by atoms with Crippen LogP contribution in [0.4, 0.5) is 5.82 Å². The molecule has 0 bridgehead atoms. The number of thioether (sulfide) groups is 1. The van der Waals surface area contributed by atoms with E-state index in [1.54, 1.807) is 6.26 Å². The summed E-state index contributed by atoms with van der Waals surface area (Å²) in [5.41, 5.74) is 11.3. The van der Waals surface area contributed by atoms with E-state index in [0.717, 1.165) is 23.9 Å². The van der Waals surface area contributed by atoms with Crippen molar-refractivity contribution in [3.8, 4) is 0 Å². The van der Waals surface area contributed by atoms with Crippen LogP contribution in [0, 0.1) is 0 Å². The summed E-state index contributed by atoms with van der Waals surface area (Å²) in [5, 5.41) is 4.53. The van der Waals surface area contributed by atoms with Crippen molar-refractivity contribution in [2.75, 3.05) is 12.0 Å². The van der Waals surface area contributed by atoms with E-state index in [4.69, 9.17) is 11.5 Å². The van der Waals surface area contributed by atoms with E-state index in [9.17, 15) is 9.59 Å². The molecular weight excluding hydrogens is 348 g/mol. The molecule has 0 spiro atoms. The van der Waals surface area contributed by atoms with Gasteiger partial charge in [0.15, 0.2) is 0 Å². The number of primary amides is 1. The van der Waals surface area contributed by atoms with Gasteiger partial charge in [-0.3, -0.25) is 9.59 Å². The topological polar surface area (TPSA) is 104 Å². The van der Waals surface area contributed by atoms with Gasteiger partial charge in [-0.05, 0) is 12.7 Å². The van der Waals surface area contributed by atoms with Crippen LogP contribution in [0.3, 0.4) is 0 Å². The summed E-state index contributed by atoms with van der Waals surface area (Å²) in [4.78, 5) is 23.7. The first-order valence-corrected chi connectivity index (χ1v) is 11.0. The van der Waals surface area contributed by atoms with Crippen LogP contribution in [-0.4, -0.2) is 27.9 Å². The Labute approximate surface area is 161 Å². The summed E-state index contributed by atoms with van der Waals surface area (Å²) in [6.45, 7) is 2.24. The predicted molar refractivity (Wildman–Crippen MR) is 109 cm³/mol. The molecule has 0 atom stereocenters. The fourth-order valence-electron chi connectivity index (χ4n) is 3.02. The van der Waals surface area contributed by atoms with Crippen molar-refractivity contribution < 1.29 is 9.59 Å². The number of carbonyl (C=O) groups excluding carboxylic acids is 2. The maximum absolute atomic E-state index is 12.3. The molecule has 148 valence electrons. The number of anilines is 1. The third-order valence-electron chi connectivity index (χ3n) is 4.56. The summed E-state index contributed by atoms with van der Waals surface area (Å²) in [5.74, 6) is -0.781. The number of unbranched alkanes of at least 4 members (excludes halogenated alkanes) is 10. The van der Waals surface area contributed by atoms with Crippen LogP contribution in [0.15, 0.2) is 5.03 Å². The molecule has 0 aliphatic carbocycles. The van der Waals surface area contributed by atoms with Crippen LogP contribution in [-0.2, 0) is 0 Å². The zero-order valence-electron chi connectivity index (χ0n) is 16.3. The van der Waals surface area contributed by atoms with E-state index < -0.39 is 5.91 Å². The van der Waals surface area contributed by atoms with Crippen molar-refractivity contribution in [2.24, 2.45) is 5.73 Å². The highest BCUT2D eigenvalue weighted by molar-refractivity contribution is 7.98. The average molecular weight is 383 g/mol. The van der Waals surface area contributed by atoms with E-state index in [1.165, 1.54) is 63.1 Å². The average Bonchev–Trinajstić information content (AvgIpc) is 2.96. The fourth-order valence-corrected chi connectivity index (χ4v) is 3.59. The number of rotatable bonds is 14. The van der Waals surface area contributed by atoms with E-state index in [1.807, 2.05) is 0 Å². The number of nitrogens with zero attached hydrogens (tertiary/aromatic N) is 2. The highest BCUT2D eigenvalue weighted by Crippen LogP contribution is 2.24. The van der Waals surface area contributed by atoms with Gasteiger partial charge in [-0.25, -0.2) is 0 Å². The second-order valence-corrected chi connectivity index (χ2v) is 7.52. The van der Waals surface area contributed by atoms with Crippen molar-refractivity contribution in [1.82, 2.24) is 9.78 Å². The second kappa shape index (κ2) is 12.8. The van der Waals surface area contributed by atoms with E-state index in [2.05, 4.69) is 12.0 Å². The lowest BCUT2D eigenvalue weighted by atomic mass is 10.1. The molecule has 6 nitrogen and oxygen atoms in total. The van der Waals surface area contributed by atoms with Crippen LogP contribution in [0.2, 0.25) is 0 Å². The van der Waals surface area contributed by atoms with Crippen LogP contribution < -0.4 is 11.5 Å². The van der Waals surface area contributed by atoms with Gasteiger partial charge in [-0.15, -0.1) is 11.8 Å². The van der Waals surface area contributed by atoms with Gasteiger partial charge in [0.05, 0.1) is 0 Å². The molecule has 0 aliphatic heterocycles. The van der Waals surface area contributed by atoms with Crippen LogP contribution in [0.1, 0.15) is 99.1 Å². The monoisotopic (exact) mass is 382 g/mol. The standard InChI is InChI=1S/C19H34N4O2S/c1-3-4-5-6-7-8-9-10-11-12-13-14-15(24)23-17(20)16(18(21)25)19(22-23)26-2/h3-14,20H2,1-2H3,(H2,21,25). The maximum Gasteiger partial charge on any atom is 0.255 e. The van der Waals surface area contributed by atoms with Crippen molar-refractivity contribution in [2.45, 2.75) is 89.0 Å². The molecule has 1 amide bonds. The number of amides is 1. The van der Waals surface area contributed by atoms with Crippen molar-refractivity contribution >= 4 is 29.4 Å². The summed E-state index contributed by atoms with van der Waals surface area (Å²) in [6.07, 6.45) is 15.7. The summed E-state index contributed by atoms with van der Waals surface area (Å²) in [7, 11) is 0. The van der Waals surface area contributed by atoms with Gasteiger partial charge in [-0.1, -0.05) is 71.1 Å². The number of hydrogen-bond acceptors (Lipinski definition) is 5. The third kappa shape index (κ3) is 7.40. The zero-order chi connectivity index (χ0) is 19.4. The Morgan fingerprint density at radius 3 is 1.88 bits per heavy atom. The highest BCUT2D eigenvalue weighted by atomic mass is 32.2. The summed E-state index contributed by atoms with van der Waals surface area (Å²) >= 11 is 1.26. The van der Waals surface area contributed by atoms with E-state index >= 15 is 0 Å². The fraction of sp³-hybridized carbons (Fsp3) is 0.737. The zero-order valence-corrected chi connectivity index (χ0v) is 17.1. The molecule has 1 heterocycles. The molecule has 0 fully saturated rings. The third-order valence-corrected chi connectivity index (χ3v) is 5.23. The van der Waals surface area contributed by atoms with Gasteiger partial charge < -0.3 is 11.5 Å². The minimum absolute atomic E-state index is 0.0509. The molecule has 1 rings (SSSR count). The molecule has 7 heteroatoms. The van der Waals surface area contributed by atoms with Crippen LogP contribution >= 0.6 is 11.8 Å². The number of carbonyl (C=O) groups is 2. The van der Waals surface area contributed by atoms with Gasteiger partial charge in [0.1, 0.15) is 16.4 Å². The first kappa shape index (κ1) is 22.5. The largest absolute Gasteiger partial charge is 0.383 e. The van der Waals surface area contributed by atoms with Gasteiger partial charge in [-0.2, -0.15) is 9.78 Å². The minimum atomic E-state index is -0.652. The first-order valence-electron chi connectivity index (χ1n) is 9.78. The van der Waals surface area contributed by atoms with E-state index in [-0.39, 0.29) is 17.3 Å². The SMILES string of the molecule is CCCCCCCCCCCCCC(=O)n1nc(SC)c(C(N)=O)c1N. The van der Waals surface area contributed by atoms with Crippen LogP contribution in [0.5, 0.6) is 0 Å². The molecule has 0 aliphatic rings. The first-order chi connectivity index (χ1) is 12.5. The van der Waals surface area contributed by atoms with Crippen LogP contribution in [0.25, 0.3) is 0 Å². The molecule has 26 heavy (non-hydrogen) atoms.